The van der Waals surface area contributed by atoms with Crippen LogP contribution in [0.5, 0.6) is 0 Å². The summed E-state index contributed by atoms with van der Waals surface area (Å²) in [6.07, 6.45) is 0. The summed E-state index contributed by atoms with van der Waals surface area (Å²) in [4.78, 5) is 11.2. The Labute approximate surface area is 118 Å². The fraction of sp³-hybridized carbons (Fsp3) is 0.188. The minimum absolute atomic E-state index is 0.0808. The van der Waals surface area contributed by atoms with Crippen molar-refractivity contribution in [1.29, 1.82) is 0 Å². The van der Waals surface area contributed by atoms with E-state index >= 15 is 0 Å². The number of carbonyl (C=O) groups is 1. The third-order valence-electron chi connectivity index (χ3n) is 3.04. The van der Waals surface area contributed by atoms with Gasteiger partial charge >= 0.3 is 0 Å². The Hall–Kier alpha value is -1.80. The highest BCUT2D eigenvalue weighted by Gasteiger charge is 2.05. The topological polar surface area (TPSA) is 29.1 Å². The third kappa shape index (κ3) is 3.58. The van der Waals surface area contributed by atoms with Crippen molar-refractivity contribution in [3.05, 3.63) is 64.7 Å². The van der Waals surface area contributed by atoms with Crippen molar-refractivity contribution in [1.82, 2.24) is 0 Å². The lowest BCUT2D eigenvalue weighted by Crippen LogP contribution is -2.06. The number of carbonyl (C=O) groups excluding carboxylic acids is 1. The number of halogens is 1. The molecule has 19 heavy (non-hydrogen) atoms. The molecule has 0 saturated heterocycles. The summed E-state index contributed by atoms with van der Waals surface area (Å²) >= 11 is 5.87. The van der Waals surface area contributed by atoms with Gasteiger partial charge < -0.3 is 5.32 Å². The number of nitrogens with one attached hydrogen (secondary N) is 1. The van der Waals surface area contributed by atoms with Crippen molar-refractivity contribution in [3.8, 4) is 0 Å². The Bertz CT molecular complexity index is 560. The highest BCUT2D eigenvalue weighted by Crippen LogP contribution is 2.21. The maximum absolute atomic E-state index is 11.2. The maximum Gasteiger partial charge on any atom is 0.159 e. The molecule has 0 radical (unpaired) electrons. The van der Waals surface area contributed by atoms with Crippen LogP contribution in [0.2, 0.25) is 5.02 Å². The number of rotatable bonds is 4. The van der Waals surface area contributed by atoms with Gasteiger partial charge in [-0.3, -0.25) is 4.79 Å². The van der Waals surface area contributed by atoms with Gasteiger partial charge in [0.15, 0.2) is 5.78 Å². The molecule has 0 fully saturated rings. The molecule has 0 aromatic heterocycles. The molecule has 0 saturated carbocycles. The molecule has 1 N–H and O–H groups in total. The quantitative estimate of drug-likeness (QED) is 0.817. The largest absolute Gasteiger partial charge is 0.379 e. The lowest BCUT2D eigenvalue weighted by molar-refractivity contribution is 0.101. The molecule has 0 bridgehead atoms. The molecule has 0 aliphatic carbocycles. The minimum Gasteiger partial charge on any atom is -0.379 e. The van der Waals surface area contributed by atoms with Gasteiger partial charge in [-0.1, -0.05) is 23.7 Å². The molecular formula is C16H16ClNO. The van der Waals surface area contributed by atoms with Crippen molar-refractivity contribution in [2.45, 2.75) is 19.9 Å². The van der Waals surface area contributed by atoms with Gasteiger partial charge in [0, 0.05) is 22.3 Å². The van der Waals surface area contributed by atoms with Crippen LogP contribution in [-0.2, 0) is 0 Å². The van der Waals surface area contributed by atoms with E-state index in [-0.39, 0.29) is 11.8 Å². The van der Waals surface area contributed by atoms with Crippen LogP contribution in [0, 0.1) is 0 Å². The van der Waals surface area contributed by atoms with E-state index in [4.69, 9.17) is 11.6 Å². The fourth-order valence-corrected chi connectivity index (χ4v) is 2.01. The molecule has 2 nitrogen and oxygen atoms in total. The van der Waals surface area contributed by atoms with Crippen molar-refractivity contribution in [2.24, 2.45) is 0 Å². The van der Waals surface area contributed by atoms with Crippen molar-refractivity contribution in [3.63, 3.8) is 0 Å². The number of anilines is 1. The summed E-state index contributed by atoms with van der Waals surface area (Å²) in [5.74, 6) is 0.0808. The number of ketones is 1. The van der Waals surface area contributed by atoms with Gasteiger partial charge in [0.25, 0.3) is 0 Å². The van der Waals surface area contributed by atoms with E-state index in [1.54, 1.807) is 6.92 Å². The molecule has 1 atom stereocenters. The van der Waals surface area contributed by atoms with Crippen LogP contribution in [0.15, 0.2) is 48.5 Å². The van der Waals surface area contributed by atoms with E-state index in [2.05, 4.69) is 12.2 Å². The molecule has 98 valence electrons. The molecule has 2 aromatic carbocycles. The van der Waals surface area contributed by atoms with E-state index in [9.17, 15) is 4.79 Å². The van der Waals surface area contributed by atoms with Crippen LogP contribution in [-0.4, -0.2) is 5.78 Å². The lowest BCUT2D eigenvalue weighted by atomic mass is 10.1. The first-order valence-electron chi connectivity index (χ1n) is 6.19. The minimum atomic E-state index is 0.0808. The summed E-state index contributed by atoms with van der Waals surface area (Å²) in [5.41, 5.74) is 2.89. The average Bonchev–Trinajstić information content (AvgIpc) is 2.40. The Morgan fingerprint density at radius 2 is 1.63 bits per heavy atom. The molecule has 3 heteroatoms. The highest BCUT2D eigenvalue weighted by molar-refractivity contribution is 6.30. The van der Waals surface area contributed by atoms with Crippen LogP contribution in [0.1, 0.15) is 35.8 Å². The molecule has 2 aromatic rings. The second-order valence-corrected chi connectivity index (χ2v) is 4.99. The zero-order valence-electron chi connectivity index (χ0n) is 11.0. The van der Waals surface area contributed by atoms with Gasteiger partial charge in [0.2, 0.25) is 0 Å². The zero-order chi connectivity index (χ0) is 13.8. The molecule has 0 heterocycles. The van der Waals surface area contributed by atoms with Crippen molar-refractivity contribution >= 4 is 23.1 Å². The third-order valence-corrected chi connectivity index (χ3v) is 3.30. The Morgan fingerprint density at radius 1 is 1.05 bits per heavy atom. The highest BCUT2D eigenvalue weighted by atomic mass is 35.5. The summed E-state index contributed by atoms with van der Waals surface area (Å²) in [5, 5.41) is 4.13. The summed E-state index contributed by atoms with van der Waals surface area (Å²) in [6.45, 7) is 3.65. The van der Waals surface area contributed by atoms with E-state index in [1.165, 1.54) is 5.56 Å². The predicted molar refractivity (Wildman–Crippen MR) is 79.9 cm³/mol. The van der Waals surface area contributed by atoms with Crippen LogP contribution in [0.3, 0.4) is 0 Å². The number of Topliss-reactive ketones (excluding diaryl/α,β-unsaturated/α-hetero) is 1. The number of hydrogen-bond acceptors (Lipinski definition) is 2. The van der Waals surface area contributed by atoms with E-state index < -0.39 is 0 Å². The molecule has 2 rings (SSSR count). The molecule has 0 spiro atoms. The molecular weight excluding hydrogens is 258 g/mol. The van der Waals surface area contributed by atoms with Gasteiger partial charge in [-0.2, -0.15) is 0 Å². The first-order chi connectivity index (χ1) is 9.06. The van der Waals surface area contributed by atoms with Crippen LogP contribution in [0.4, 0.5) is 5.69 Å². The van der Waals surface area contributed by atoms with E-state index in [0.717, 1.165) is 16.3 Å². The fourth-order valence-electron chi connectivity index (χ4n) is 1.89. The molecule has 0 aliphatic rings. The Kier molecular flexibility index (Phi) is 4.23. The second-order valence-electron chi connectivity index (χ2n) is 4.55. The van der Waals surface area contributed by atoms with Gasteiger partial charge in [0.1, 0.15) is 0 Å². The number of hydrogen-bond donors (Lipinski definition) is 1. The van der Waals surface area contributed by atoms with Crippen molar-refractivity contribution < 1.29 is 4.79 Å². The van der Waals surface area contributed by atoms with Gasteiger partial charge in [-0.25, -0.2) is 0 Å². The maximum atomic E-state index is 11.2. The second kappa shape index (κ2) is 5.89. The SMILES string of the molecule is CC(=O)c1ccc(NC(C)c2ccc(Cl)cc2)cc1. The average molecular weight is 274 g/mol. The smallest absolute Gasteiger partial charge is 0.159 e. The van der Waals surface area contributed by atoms with Crippen LogP contribution >= 0.6 is 11.6 Å². The summed E-state index contributed by atoms with van der Waals surface area (Å²) < 4.78 is 0. The van der Waals surface area contributed by atoms with Crippen molar-refractivity contribution in [2.75, 3.05) is 5.32 Å². The summed E-state index contributed by atoms with van der Waals surface area (Å²) in [6, 6.07) is 15.5. The lowest BCUT2D eigenvalue weighted by Gasteiger charge is -2.16. The first kappa shape index (κ1) is 13.6. The Morgan fingerprint density at radius 3 is 2.16 bits per heavy atom. The zero-order valence-corrected chi connectivity index (χ0v) is 11.7. The number of benzene rings is 2. The van der Waals surface area contributed by atoms with Gasteiger partial charge in [-0.05, 0) is 55.8 Å². The van der Waals surface area contributed by atoms with Gasteiger partial charge in [0.05, 0.1) is 0 Å². The molecule has 1 unspecified atom stereocenters. The summed E-state index contributed by atoms with van der Waals surface area (Å²) in [7, 11) is 0. The standard InChI is InChI=1S/C16H16ClNO/c1-11(13-3-7-15(17)8-4-13)18-16-9-5-14(6-10-16)12(2)19/h3-11,18H,1-2H3. The predicted octanol–water partition coefficient (Wildman–Crippen LogP) is 4.72. The van der Waals surface area contributed by atoms with Gasteiger partial charge in [-0.15, -0.1) is 0 Å². The molecule has 0 amide bonds. The Balaban J connectivity index is 2.08. The first-order valence-corrected chi connectivity index (χ1v) is 6.57. The monoisotopic (exact) mass is 273 g/mol. The van der Waals surface area contributed by atoms with Crippen LogP contribution in [0.25, 0.3) is 0 Å². The van der Waals surface area contributed by atoms with E-state index in [0.29, 0.717) is 0 Å². The normalized spacial score (nSPS) is 11.9. The van der Waals surface area contributed by atoms with E-state index in [1.807, 2.05) is 48.5 Å². The molecule has 0 aliphatic heterocycles. The van der Waals surface area contributed by atoms with Crippen LogP contribution < -0.4 is 5.32 Å².